The van der Waals surface area contributed by atoms with Crippen LogP contribution in [0.5, 0.6) is 0 Å². The van der Waals surface area contributed by atoms with Gasteiger partial charge in [-0.2, -0.15) is 5.10 Å². The first-order chi connectivity index (χ1) is 17.3. The number of carbonyl (C=O) groups excluding carboxylic acids is 2. The van der Waals surface area contributed by atoms with Gasteiger partial charge < -0.3 is 25.3 Å². The number of aryl methyl sites for hydroxylation is 1. The number of methoxy groups -OCH3 is 1. The van der Waals surface area contributed by atoms with Crippen LogP contribution in [0.1, 0.15) is 28.0 Å². The molecular weight excluding hydrogens is 482 g/mol. The number of imidazole rings is 1. The summed E-state index contributed by atoms with van der Waals surface area (Å²) in [5.74, 6) is 5.75. The highest BCUT2D eigenvalue weighted by molar-refractivity contribution is 6.32. The smallest absolute Gasteiger partial charge is 0.255 e. The Morgan fingerprint density at radius 1 is 1.39 bits per heavy atom. The summed E-state index contributed by atoms with van der Waals surface area (Å²) in [7, 11) is 5.19. The van der Waals surface area contributed by atoms with E-state index in [9.17, 15) is 9.59 Å². The number of amides is 2. The number of ether oxygens (including phenoxy) is 1. The molecule has 0 unspecified atom stereocenters. The molecule has 1 saturated heterocycles. The second-order valence-corrected chi connectivity index (χ2v) is 9.11. The van der Waals surface area contributed by atoms with Crippen LogP contribution in [0, 0.1) is 17.8 Å². The van der Waals surface area contributed by atoms with Gasteiger partial charge >= 0.3 is 0 Å². The summed E-state index contributed by atoms with van der Waals surface area (Å²) in [6.07, 6.45) is 3.74. The number of fused-ring (bicyclic) bond motifs is 1. The standard InChI is InChI=1S/C25H28ClN7O3/c1-5-22(34)32-11-15(8-17(32)13-36-4)12-33-25(28-2)23(24(27)35)19(30-33)7-6-16-9-20-21(10-18(16)26)31(3)14-29-20/h5,9-10,14-15,17,28H,1,8,11-13H2,2-4H3,(H2,27,35)/t15-,17+/m0/s1. The fourth-order valence-corrected chi connectivity index (χ4v) is 4.87. The third-order valence-corrected chi connectivity index (χ3v) is 6.63. The Morgan fingerprint density at radius 3 is 2.83 bits per heavy atom. The maximum absolute atomic E-state index is 12.4. The molecule has 0 bridgehead atoms. The number of rotatable bonds is 7. The lowest BCUT2D eigenvalue weighted by atomic mass is 10.1. The Kier molecular flexibility index (Phi) is 7.33. The Labute approximate surface area is 214 Å². The van der Waals surface area contributed by atoms with E-state index >= 15 is 0 Å². The maximum atomic E-state index is 12.4. The zero-order valence-corrected chi connectivity index (χ0v) is 21.2. The van der Waals surface area contributed by atoms with Gasteiger partial charge in [-0.25, -0.2) is 9.67 Å². The van der Waals surface area contributed by atoms with Crippen molar-refractivity contribution in [1.29, 1.82) is 0 Å². The third-order valence-electron chi connectivity index (χ3n) is 6.31. The van der Waals surface area contributed by atoms with E-state index in [1.165, 1.54) is 6.08 Å². The van der Waals surface area contributed by atoms with Crippen LogP contribution in [0.2, 0.25) is 5.02 Å². The number of nitrogens with one attached hydrogen (secondary N) is 1. The molecule has 3 N–H and O–H groups in total. The van der Waals surface area contributed by atoms with Crippen molar-refractivity contribution in [3.05, 3.63) is 53.0 Å². The van der Waals surface area contributed by atoms with Gasteiger partial charge in [0.05, 0.1) is 35.0 Å². The quantitative estimate of drug-likeness (QED) is 0.371. The second-order valence-electron chi connectivity index (χ2n) is 8.70. The van der Waals surface area contributed by atoms with E-state index in [1.54, 1.807) is 42.2 Å². The molecule has 1 aliphatic heterocycles. The minimum atomic E-state index is -0.645. The van der Waals surface area contributed by atoms with Crippen LogP contribution >= 0.6 is 11.6 Å². The topological polar surface area (TPSA) is 120 Å². The molecule has 1 fully saturated rings. The summed E-state index contributed by atoms with van der Waals surface area (Å²) in [4.78, 5) is 30.8. The number of likely N-dealkylation sites (tertiary alicyclic amines) is 1. The molecule has 1 aromatic carbocycles. The summed E-state index contributed by atoms with van der Waals surface area (Å²) < 4.78 is 8.86. The molecule has 36 heavy (non-hydrogen) atoms. The number of nitrogens with zero attached hydrogens (tertiary/aromatic N) is 5. The number of benzene rings is 1. The van der Waals surface area contributed by atoms with E-state index in [0.29, 0.717) is 36.1 Å². The molecule has 10 nitrogen and oxygen atoms in total. The number of halogens is 1. The van der Waals surface area contributed by atoms with Crippen molar-refractivity contribution >= 4 is 40.3 Å². The van der Waals surface area contributed by atoms with Crippen LogP contribution in [0.25, 0.3) is 11.0 Å². The first kappa shape index (κ1) is 25.3. The Hall–Kier alpha value is -3.81. The fourth-order valence-electron chi connectivity index (χ4n) is 4.67. The van der Waals surface area contributed by atoms with Gasteiger partial charge in [0.1, 0.15) is 11.4 Å². The molecular formula is C25H28ClN7O3. The molecule has 3 aromatic rings. The number of carbonyl (C=O) groups is 2. The lowest BCUT2D eigenvalue weighted by Gasteiger charge is -2.22. The van der Waals surface area contributed by atoms with Crippen LogP contribution in [0.3, 0.4) is 0 Å². The predicted molar refractivity (Wildman–Crippen MR) is 138 cm³/mol. The minimum Gasteiger partial charge on any atom is -0.383 e. The molecule has 0 aliphatic carbocycles. The SMILES string of the molecule is C=CC(=O)N1C[C@@H](Cn2nc(C#Cc3cc4ncn(C)c4cc3Cl)c(C(N)=O)c2NC)C[C@@H]1COC. The molecule has 0 saturated carbocycles. The van der Waals surface area contributed by atoms with Crippen LogP contribution in [0.4, 0.5) is 5.82 Å². The molecule has 4 rings (SSSR count). The van der Waals surface area contributed by atoms with Crippen molar-refractivity contribution in [2.45, 2.75) is 19.0 Å². The van der Waals surface area contributed by atoms with Crippen LogP contribution in [-0.2, 0) is 23.1 Å². The van der Waals surface area contributed by atoms with Gasteiger partial charge in [-0.05, 0) is 36.5 Å². The maximum Gasteiger partial charge on any atom is 0.255 e. The molecule has 1 aliphatic rings. The summed E-state index contributed by atoms with van der Waals surface area (Å²) in [5.41, 5.74) is 8.36. The van der Waals surface area contributed by atoms with Crippen molar-refractivity contribution in [3.8, 4) is 11.8 Å². The van der Waals surface area contributed by atoms with E-state index in [1.807, 2.05) is 11.6 Å². The monoisotopic (exact) mass is 509 g/mol. The van der Waals surface area contributed by atoms with Crippen LogP contribution in [0.15, 0.2) is 31.1 Å². The van der Waals surface area contributed by atoms with Crippen LogP contribution < -0.4 is 11.1 Å². The van der Waals surface area contributed by atoms with Crippen molar-refractivity contribution in [3.63, 3.8) is 0 Å². The normalized spacial score (nSPS) is 17.2. The first-order valence-electron chi connectivity index (χ1n) is 11.4. The van der Waals surface area contributed by atoms with E-state index in [0.717, 1.165) is 17.5 Å². The number of aromatic nitrogens is 4. The molecule has 0 spiro atoms. The first-order valence-corrected chi connectivity index (χ1v) is 11.8. The van der Waals surface area contributed by atoms with Gasteiger partial charge in [0.15, 0.2) is 5.69 Å². The highest BCUT2D eigenvalue weighted by atomic mass is 35.5. The Balaban J connectivity index is 1.66. The molecule has 0 radical (unpaired) electrons. The van der Waals surface area contributed by atoms with Gasteiger partial charge in [0.25, 0.3) is 5.91 Å². The minimum absolute atomic E-state index is 0.0578. The molecule has 3 heterocycles. The second kappa shape index (κ2) is 10.4. The number of anilines is 1. The van der Waals surface area contributed by atoms with Gasteiger partial charge in [-0.15, -0.1) is 0 Å². The number of hydrogen-bond donors (Lipinski definition) is 2. The predicted octanol–water partition coefficient (Wildman–Crippen LogP) is 2.01. The number of hydrogen-bond acceptors (Lipinski definition) is 6. The molecule has 2 aromatic heterocycles. The van der Waals surface area contributed by atoms with Crippen molar-refractivity contribution in [1.82, 2.24) is 24.2 Å². The van der Waals surface area contributed by atoms with Gasteiger partial charge in [0, 0.05) is 39.9 Å². The average molecular weight is 510 g/mol. The molecule has 2 amide bonds. The average Bonchev–Trinajstić information content (AvgIpc) is 3.52. The lowest BCUT2D eigenvalue weighted by molar-refractivity contribution is -0.127. The Morgan fingerprint density at radius 2 is 2.17 bits per heavy atom. The molecule has 188 valence electrons. The fraction of sp³-hybridized carbons (Fsp3) is 0.360. The third kappa shape index (κ3) is 4.80. The Bertz CT molecular complexity index is 1400. The number of primary amides is 1. The highest BCUT2D eigenvalue weighted by Crippen LogP contribution is 2.28. The van der Waals surface area contributed by atoms with Crippen molar-refractivity contribution in [2.24, 2.45) is 18.7 Å². The zero-order valence-electron chi connectivity index (χ0n) is 20.4. The summed E-state index contributed by atoms with van der Waals surface area (Å²) >= 11 is 6.45. The van der Waals surface area contributed by atoms with E-state index < -0.39 is 5.91 Å². The summed E-state index contributed by atoms with van der Waals surface area (Å²) in [5, 5.41) is 8.10. The lowest BCUT2D eigenvalue weighted by Crippen LogP contribution is -2.37. The van der Waals surface area contributed by atoms with Crippen molar-refractivity contribution < 1.29 is 14.3 Å². The largest absolute Gasteiger partial charge is 0.383 e. The van der Waals surface area contributed by atoms with Crippen LogP contribution in [-0.4, -0.2) is 69.4 Å². The summed E-state index contributed by atoms with van der Waals surface area (Å²) in [6, 6.07) is 3.54. The summed E-state index contributed by atoms with van der Waals surface area (Å²) in [6.45, 7) is 5.01. The molecule has 2 atom stereocenters. The number of nitrogens with two attached hydrogens (primary N) is 1. The van der Waals surface area contributed by atoms with E-state index in [-0.39, 0.29) is 29.1 Å². The van der Waals surface area contributed by atoms with Gasteiger partial charge in [-0.1, -0.05) is 24.1 Å². The molecule has 11 heteroatoms. The van der Waals surface area contributed by atoms with Gasteiger partial charge in [0.2, 0.25) is 5.91 Å². The zero-order chi connectivity index (χ0) is 26.0. The van der Waals surface area contributed by atoms with E-state index in [2.05, 4.69) is 33.8 Å². The van der Waals surface area contributed by atoms with E-state index in [4.69, 9.17) is 22.1 Å². The van der Waals surface area contributed by atoms with Gasteiger partial charge in [-0.3, -0.25) is 9.59 Å². The van der Waals surface area contributed by atoms with Crippen molar-refractivity contribution in [2.75, 3.05) is 32.6 Å². The highest BCUT2D eigenvalue weighted by Gasteiger charge is 2.35.